The topological polar surface area (TPSA) is 46.2 Å². The number of hydrogen-bond acceptors (Lipinski definition) is 3. The Balaban J connectivity index is 0. The van der Waals surface area contributed by atoms with Crippen LogP contribution in [-0.4, -0.2) is 23.7 Å². The summed E-state index contributed by atoms with van der Waals surface area (Å²) < 4.78 is 0. The van der Waals surface area contributed by atoms with Crippen molar-refractivity contribution in [1.29, 1.82) is 0 Å². The van der Waals surface area contributed by atoms with Crippen molar-refractivity contribution in [3.8, 4) is 0 Å². The third-order valence-corrected chi connectivity index (χ3v) is 2.55. The lowest BCUT2D eigenvalue weighted by molar-refractivity contribution is -0.127. The van der Waals surface area contributed by atoms with Gasteiger partial charge in [-0.05, 0) is 13.8 Å². The first-order chi connectivity index (χ1) is 7.61. The lowest BCUT2D eigenvalue weighted by Gasteiger charge is -2.26. The Morgan fingerprint density at radius 3 is 1.65 bits per heavy atom. The number of rotatable bonds is 5. The van der Waals surface area contributed by atoms with Crippen molar-refractivity contribution in [2.24, 2.45) is 5.41 Å². The smallest absolute Gasteiger partial charge is 0.152 e. The van der Waals surface area contributed by atoms with E-state index in [1.54, 1.807) is 0 Å². The zero-order chi connectivity index (χ0) is 14.3. The normalized spacial score (nSPS) is 11.5. The van der Waals surface area contributed by atoms with Gasteiger partial charge in [0, 0.05) is 11.8 Å². The average molecular weight is 243 g/mol. The molecule has 0 aliphatic rings. The van der Waals surface area contributed by atoms with Gasteiger partial charge in [0.2, 0.25) is 0 Å². The quantitative estimate of drug-likeness (QED) is 0.807. The molecule has 0 rings (SSSR count). The highest BCUT2D eigenvalue weighted by atomic mass is 16.1. The zero-order valence-electron chi connectivity index (χ0n) is 12.7. The molecule has 0 heterocycles. The summed E-state index contributed by atoms with van der Waals surface area (Å²) in [5.74, 6) is 0.253. The maximum atomic E-state index is 11.6. The molecule has 0 radical (unpaired) electrons. The van der Waals surface area contributed by atoms with E-state index in [1.807, 2.05) is 55.4 Å². The van der Waals surface area contributed by atoms with E-state index in [2.05, 4.69) is 5.32 Å². The predicted molar refractivity (Wildman–Crippen MR) is 73.2 cm³/mol. The maximum Gasteiger partial charge on any atom is 0.152 e. The van der Waals surface area contributed by atoms with Crippen LogP contribution < -0.4 is 5.32 Å². The van der Waals surface area contributed by atoms with Gasteiger partial charge < -0.3 is 0 Å². The monoisotopic (exact) mass is 243 g/mol. The molecule has 0 saturated heterocycles. The minimum atomic E-state index is -0.602. The second-order valence-electron chi connectivity index (χ2n) is 5.43. The van der Waals surface area contributed by atoms with Crippen LogP contribution in [0.25, 0.3) is 0 Å². The van der Waals surface area contributed by atoms with E-state index in [0.717, 1.165) is 0 Å². The fraction of sp³-hybridized carbons (Fsp3) is 0.857. The predicted octanol–water partition coefficient (Wildman–Crippen LogP) is 2.98. The van der Waals surface area contributed by atoms with Gasteiger partial charge in [0.1, 0.15) is 0 Å². The molecule has 0 atom stereocenters. The fourth-order valence-corrected chi connectivity index (χ4v) is 1.11. The standard InChI is InChI=1S/C12H23NO2.C2H6/c1-7-9(14)12(5,6)13-8-10(15)11(2,3)4;1-2/h13H,7-8H2,1-6H3;1-2H3. The van der Waals surface area contributed by atoms with Crippen molar-refractivity contribution >= 4 is 11.6 Å². The number of carbonyl (C=O) groups is 2. The Bertz CT molecular complexity index is 249. The van der Waals surface area contributed by atoms with Crippen molar-refractivity contribution in [3.63, 3.8) is 0 Å². The van der Waals surface area contributed by atoms with Gasteiger partial charge in [0.25, 0.3) is 0 Å². The lowest BCUT2D eigenvalue weighted by atomic mass is 9.89. The van der Waals surface area contributed by atoms with Crippen molar-refractivity contribution in [1.82, 2.24) is 5.32 Å². The largest absolute Gasteiger partial charge is 0.298 e. The second-order valence-corrected chi connectivity index (χ2v) is 5.43. The number of Topliss-reactive ketones (excluding diaryl/α,β-unsaturated/α-hetero) is 2. The number of hydrogen-bond donors (Lipinski definition) is 1. The minimum Gasteiger partial charge on any atom is -0.298 e. The van der Waals surface area contributed by atoms with Crippen LogP contribution in [0.1, 0.15) is 61.8 Å². The first-order valence-corrected chi connectivity index (χ1v) is 6.43. The summed E-state index contributed by atoms with van der Waals surface area (Å²) in [5.41, 5.74) is -0.950. The van der Waals surface area contributed by atoms with Crippen LogP contribution >= 0.6 is 0 Å². The summed E-state index contributed by atoms with van der Waals surface area (Å²) in [4.78, 5) is 23.2. The molecule has 0 aromatic heterocycles. The summed E-state index contributed by atoms with van der Waals surface area (Å²) in [7, 11) is 0. The zero-order valence-corrected chi connectivity index (χ0v) is 12.7. The van der Waals surface area contributed by atoms with Crippen LogP contribution in [0, 0.1) is 5.41 Å². The van der Waals surface area contributed by atoms with Gasteiger partial charge >= 0.3 is 0 Å². The summed E-state index contributed by atoms with van der Waals surface area (Å²) in [6, 6.07) is 0. The van der Waals surface area contributed by atoms with E-state index in [1.165, 1.54) is 0 Å². The molecule has 0 aromatic rings. The van der Waals surface area contributed by atoms with Gasteiger partial charge in [-0.3, -0.25) is 14.9 Å². The third-order valence-electron chi connectivity index (χ3n) is 2.55. The molecule has 0 fully saturated rings. The third kappa shape index (κ3) is 7.27. The lowest BCUT2D eigenvalue weighted by Crippen LogP contribution is -2.49. The second kappa shape index (κ2) is 7.59. The van der Waals surface area contributed by atoms with Crippen LogP contribution in [0.15, 0.2) is 0 Å². The molecule has 0 aromatic carbocycles. The number of ketones is 2. The maximum absolute atomic E-state index is 11.6. The molecule has 0 bridgehead atoms. The molecule has 0 aliphatic carbocycles. The highest BCUT2D eigenvalue weighted by Gasteiger charge is 2.28. The number of nitrogens with one attached hydrogen (secondary N) is 1. The molecule has 0 unspecified atom stereocenters. The van der Waals surface area contributed by atoms with Crippen LogP contribution in [0.4, 0.5) is 0 Å². The Morgan fingerprint density at radius 2 is 1.35 bits per heavy atom. The van der Waals surface area contributed by atoms with Crippen LogP contribution in [-0.2, 0) is 9.59 Å². The average Bonchev–Trinajstić information content (AvgIpc) is 2.26. The molecular formula is C14H29NO2. The molecular weight excluding hydrogens is 214 g/mol. The summed E-state index contributed by atoms with van der Waals surface area (Å²) >= 11 is 0. The van der Waals surface area contributed by atoms with E-state index in [0.29, 0.717) is 6.42 Å². The molecule has 3 nitrogen and oxygen atoms in total. The Kier molecular flexibility index (Phi) is 8.33. The molecule has 0 amide bonds. The molecule has 1 N–H and O–H groups in total. The molecule has 0 spiro atoms. The van der Waals surface area contributed by atoms with Crippen LogP contribution in [0.3, 0.4) is 0 Å². The van der Waals surface area contributed by atoms with Crippen molar-refractivity contribution in [2.45, 2.75) is 67.3 Å². The summed E-state index contributed by atoms with van der Waals surface area (Å²) in [5, 5.41) is 3.02. The van der Waals surface area contributed by atoms with Gasteiger partial charge in [-0.15, -0.1) is 0 Å². The highest BCUT2D eigenvalue weighted by molar-refractivity contribution is 5.89. The molecule has 0 aliphatic heterocycles. The molecule has 0 saturated carbocycles. The van der Waals surface area contributed by atoms with E-state index >= 15 is 0 Å². The SMILES string of the molecule is CC.CCC(=O)C(C)(C)NCC(=O)C(C)(C)C. The Hall–Kier alpha value is -0.700. The number of carbonyl (C=O) groups excluding carboxylic acids is 2. The van der Waals surface area contributed by atoms with Gasteiger partial charge in [0.05, 0.1) is 12.1 Å². The first-order valence-electron chi connectivity index (χ1n) is 6.43. The summed E-state index contributed by atoms with van der Waals surface area (Å²) in [6.07, 6.45) is 0.490. The van der Waals surface area contributed by atoms with Crippen LogP contribution in [0.5, 0.6) is 0 Å². The molecule has 102 valence electrons. The van der Waals surface area contributed by atoms with E-state index in [4.69, 9.17) is 0 Å². The van der Waals surface area contributed by atoms with E-state index in [-0.39, 0.29) is 23.5 Å². The van der Waals surface area contributed by atoms with E-state index < -0.39 is 5.54 Å². The van der Waals surface area contributed by atoms with Gasteiger partial charge in [-0.25, -0.2) is 0 Å². The van der Waals surface area contributed by atoms with Crippen molar-refractivity contribution in [2.75, 3.05) is 6.54 Å². The van der Waals surface area contributed by atoms with Crippen molar-refractivity contribution < 1.29 is 9.59 Å². The van der Waals surface area contributed by atoms with Gasteiger partial charge in [0.15, 0.2) is 11.6 Å². The Labute approximate surface area is 106 Å². The highest BCUT2D eigenvalue weighted by Crippen LogP contribution is 2.15. The van der Waals surface area contributed by atoms with E-state index in [9.17, 15) is 9.59 Å². The van der Waals surface area contributed by atoms with Crippen LogP contribution in [0.2, 0.25) is 0 Å². The fourth-order valence-electron chi connectivity index (χ4n) is 1.11. The van der Waals surface area contributed by atoms with Crippen molar-refractivity contribution in [3.05, 3.63) is 0 Å². The molecule has 3 heteroatoms. The molecule has 17 heavy (non-hydrogen) atoms. The minimum absolute atomic E-state index is 0.125. The van der Waals surface area contributed by atoms with Gasteiger partial charge in [-0.2, -0.15) is 0 Å². The Morgan fingerprint density at radius 1 is 0.941 bits per heavy atom. The summed E-state index contributed by atoms with van der Waals surface area (Å²) in [6.45, 7) is 15.4. The first kappa shape index (κ1) is 18.7. The van der Waals surface area contributed by atoms with Gasteiger partial charge in [-0.1, -0.05) is 41.5 Å².